The first-order valence-corrected chi connectivity index (χ1v) is 5.70. The summed E-state index contributed by atoms with van der Waals surface area (Å²) < 4.78 is 1.49. The van der Waals surface area contributed by atoms with E-state index in [9.17, 15) is 0 Å². The molecule has 1 N–H and O–H groups in total. The summed E-state index contributed by atoms with van der Waals surface area (Å²) in [5, 5.41) is 19.7. The van der Waals surface area contributed by atoms with Crippen LogP contribution in [0.1, 0.15) is 0 Å². The average molecular weight is 255 g/mol. The van der Waals surface area contributed by atoms with Crippen molar-refractivity contribution in [2.75, 3.05) is 0 Å². The molecule has 0 saturated heterocycles. The van der Waals surface area contributed by atoms with Gasteiger partial charge in [0.2, 0.25) is 0 Å². The third kappa shape index (κ3) is 3.88. The molecule has 3 rings (SSSR count). The molecular weight excluding hydrogens is 242 g/mol. The van der Waals surface area contributed by atoms with Gasteiger partial charge in [-0.15, -0.1) is 5.10 Å². The quantitative estimate of drug-likeness (QED) is 0.708. The van der Waals surface area contributed by atoms with Gasteiger partial charge in [0.1, 0.15) is 6.33 Å². The first-order chi connectivity index (χ1) is 9.40. The van der Waals surface area contributed by atoms with Crippen molar-refractivity contribution in [1.29, 1.82) is 0 Å². The highest BCUT2D eigenvalue weighted by Gasteiger charge is 1.86. The van der Waals surface area contributed by atoms with Crippen molar-refractivity contribution in [3.63, 3.8) is 0 Å². The van der Waals surface area contributed by atoms with Gasteiger partial charge in [-0.3, -0.25) is 4.98 Å². The van der Waals surface area contributed by atoms with Crippen molar-refractivity contribution in [2.24, 2.45) is 0 Å². The number of nitrogens with zero attached hydrogens (tertiary/aromatic N) is 5. The zero-order valence-electron chi connectivity index (χ0n) is 10.2. The highest BCUT2D eigenvalue weighted by Crippen LogP contribution is 2.07. The molecule has 0 unspecified atom stereocenters. The summed E-state index contributed by atoms with van der Waals surface area (Å²) >= 11 is 0. The van der Waals surface area contributed by atoms with E-state index in [-0.39, 0.29) is 0 Å². The van der Waals surface area contributed by atoms with E-state index in [4.69, 9.17) is 5.11 Å². The van der Waals surface area contributed by atoms with E-state index in [1.165, 1.54) is 22.5 Å². The van der Waals surface area contributed by atoms with E-state index < -0.39 is 0 Å². The van der Waals surface area contributed by atoms with Crippen LogP contribution in [-0.2, 0) is 6.54 Å². The zero-order valence-corrected chi connectivity index (χ0v) is 10.2. The summed E-state index contributed by atoms with van der Waals surface area (Å²) in [6, 6.07) is 12.1. The highest BCUT2D eigenvalue weighted by atomic mass is 16.2. The molecular formula is C13H13N5O. The van der Waals surface area contributed by atoms with Gasteiger partial charge in [-0.1, -0.05) is 24.3 Å². The molecule has 19 heavy (non-hydrogen) atoms. The second-order valence-electron chi connectivity index (χ2n) is 3.61. The minimum absolute atomic E-state index is 0.503. The van der Waals surface area contributed by atoms with Crippen LogP contribution in [0.25, 0.3) is 10.9 Å². The maximum atomic E-state index is 8.20. The normalized spacial score (nSPS) is 10.3. The maximum Gasteiger partial charge on any atom is 0.138 e. The van der Waals surface area contributed by atoms with Gasteiger partial charge in [0.25, 0.3) is 0 Å². The summed E-state index contributed by atoms with van der Waals surface area (Å²) in [5.41, 5.74) is 1.06. The predicted molar refractivity (Wildman–Crippen MR) is 71.3 cm³/mol. The first kappa shape index (κ1) is 12.7. The second kappa shape index (κ2) is 6.85. The first-order valence-electron chi connectivity index (χ1n) is 5.70. The number of hydrogen-bond acceptors (Lipinski definition) is 5. The van der Waals surface area contributed by atoms with Crippen LogP contribution in [0.2, 0.25) is 0 Å². The molecule has 0 bridgehead atoms. The van der Waals surface area contributed by atoms with E-state index in [1.807, 2.05) is 30.5 Å². The SMILES string of the molecule is OC=CCn1cnnn1.c1ccc2ncccc2c1. The zero-order chi connectivity index (χ0) is 13.3. The molecule has 0 aliphatic rings. The van der Waals surface area contributed by atoms with Crippen LogP contribution >= 0.6 is 0 Å². The van der Waals surface area contributed by atoms with Crippen LogP contribution in [0.5, 0.6) is 0 Å². The van der Waals surface area contributed by atoms with Crippen LogP contribution in [0.3, 0.4) is 0 Å². The smallest absolute Gasteiger partial charge is 0.138 e. The Morgan fingerprint density at radius 1 is 1.16 bits per heavy atom. The lowest BCUT2D eigenvalue weighted by molar-refractivity contribution is 0.467. The van der Waals surface area contributed by atoms with Crippen molar-refractivity contribution in [3.05, 3.63) is 61.3 Å². The fourth-order valence-corrected chi connectivity index (χ4v) is 1.44. The maximum absolute atomic E-state index is 8.20. The molecule has 6 heteroatoms. The number of pyridine rings is 1. The predicted octanol–water partition coefficient (Wildman–Crippen LogP) is 1.98. The lowest BCUT2D eigenvalue weighted by Gasteiger charge is -1.91. The number of aliphatic hydroxyl groups excluding tert-OH is 1. The van der Waals surface area contributed by atoms with Gasteiger partial charge < -0.3 is 5.11 Å². The molecule has 3 aromatic rings. The van der Waals surface area contributed by atoms with Gasteiger partial charge in [0.15, 0.2) is 0 Å². The van der Waals surface area contributed by atoms with E-state index in [1.54, 1.807) is 0 Å². The Bertz CT molecular complexity index is 571. The Kier molecular flexibility index (Phi) is 4.58. The van der Waals surface area contributed by atoms with Crippen molar-refractivity contribution < 1.29 is 5.11 Å². The van der Waals surface area contributed by atoms with Crippen molar-refractivity contribution in [3.8, 4) is 0 Å². The molecule has 0 amide bonds. The lowest BCUT2D eigenvalue weighted by atomic mass is 10.2. The number of aliphatic hydroxyl groups is 1. The summed E-state index contributed by atoms with van der Waals surface area (Å²) in [4.78, 5) is 4.18. The topological polar surface area (TPSA) is 76.7 Å². The summed E-state index contributed by atoms with van der Waals surface area (Å²) in [7, 11) is 0. The monoisotopic (exact) mass is 255 g/mol. The fourth-order valence-electron chi connectivity index (χ4n) is 1.44. The molecule has 2 heterocycles. The molecule has 0 atom stereocenters. The van der Waals surface area contributed by atoms with Crippen LogP contribution in [0, 0.1) is 0 Å². The van der Waals surface area contributed by atoms with E-state index in [2.05, 4.69) is 32.6 Å². The molecule has 1 aromatic carbocycles. The second-order valence-corrected chi connectivity index (χ2v) is 3.61. The van der Waals surface area contributed by atoms with Crippen LogP contribution < -0.4 is 0 Å². The number of aromatic nitrogens is 5. The molecule has 6 nitrogen and oxygen atoms in total. The molecule has 0 fully saturated rings. The Morgan fingerprint density at radius 3 is 2.74 bits per heavy atom. The van der Waals surface area contributed by atoms with Crippen molar-refractivity contribution >= 4 is 10.9 Å². The molecule has 0 aliphatic carbocycles. The average Bonchev–Trinajstić information content (AvgIpc) is 2.99. The van der Waals surface area contributed by atoms with Crippen molar-refractivity contribution in [1.82, 2.24) is 25.2 Å². The number of rotatable bonds is 2. The molecule has 0 radical (unpaired) electrons. The largest absolute Gasteiger partial charge is 0.516 e. The number of fused-ring (bicyclic) bond motifs is 1. The lowest BCUT2D eigenvalue weighted by Crippen LogP contribution is -1.95. The Hall–Kier alpha value is -2.76. The van der Waals surface area contributed by atoms with Gasteiger partial charge in [0.05, 0.1) is 18.3 Å². The molecule has 0 spiro atoms. The van der Waals surface area contributed by atoms with Gasteiger partial charge in [-0.05, 0) is 28.6 Å². The number of allylic oxidation sites excluding steroid dienone is 1. The Morgan fingerprint density at radius 2 is 2.00 bits per heavy atom. The van der Waals surface area contributed by atoms with Gasteiger partial charge >= 0.3 is 0 Å². The highest BCUT2D eigenvalue weighted by molar-refractivity contribution is 5.77. The Labute approximate surface area is 110 Å². The Balaban J connectivity index is 0.000000141. The summed E-state index contributed by atoms with van der Waals surface area (Å²) in [6.45, 7) is 0.503. The number of hydrogen-bond donors (Lipinski definition) is 1. The van der Waals surface area contributed by atoms with Crippen LogP contribution in [0.4, 0.5) is 0 Å². The van der Waals surface area contributed by atoms with E-state index in [0.717, 1.165) is 11.8 Å². The third-order valence-corrected chi connectivity index (χ3v) is 2.30. The number of tetrazole rings is 1. The standard InChI is InChI=1S/C9H7N.C4H6N4O/c1-2-6-9-8(4-1)5-3-7-10-9;9-3-1-2-8-4-5-6-7-8/h1-7H;1,3-4,9H,2H2. The van der Waals surface area contributed by atoms with Gasteiger partial charge in [-0.2, -0.15) is 0 Å². The van der Waals surface area contributed by atoms with Crippen LogP contribution in [-0.4, -0.2) is 30.3 Å². The molecule has 96 valence electrons. The molecule has 2 aromatic heterocycles. The summed E-state index contributed by atoms with van der Waals surface area (Å²) in [5.74, 6) is 0. The van der Waals surface area contributed by atoms with Crippen molar-refractivity contribution in [2.45, 2.75) is 6.54 Å². The third-order valence-electron chi connectivity index (χ3n) is 2.30. The van der Waals surface area contributed by atoms with E-state index >= 15 is 0 Å². The number of benzene rings is 1. The van der Waals surface area contributed by atoms with Gasteiger partial charge in [0, 0.05) is 11.6 Å². The van der Waals surface area contributed by atoms with E-state index in [0.29, 0.717) is 6.54 Å². The molecule has 0 aliphatic heterocycles. The summed E-state index contributed by atoms with van der Waals surface area (Å²) in [6.07, 6.45) is 5.78. The minimum atomic E-state index is 0.503. The van der Waals surface area contributed by atoms with Gasteiger partial charge in [-0.25, -0.2) is 4.68 Å². The van der Waals surface area contributed by atoms with Crippen LogP contribution in [0.15, 0.2) is 61.3 Å². The number of para-hydroxylation sites is 1. The minimum Gasteiger partial charge on any atom is -0.516 e. The molecule has 0 saturated carbocycles. The fraction of sp³-hybridized carbons (Fsp3) is 0.0769.